The Labute approximate surface area is 319 Å². The van der Waals surface area contributed by atoms with Gasteiger partial charge in [-0.05, 0) is 122 Å². The van der Waals surface area contributed by atoms with Crippen molar-refractivity contribution in [1.29, 1.82) is 0 Å². The minimum Gasteiger partial charge on any atom is -0.492 e. The number of carboxylic acids is 1. The Bertz CT molecular complexity index is 1840. The van der Waals surface area contributed by atoms with Gasteiger partial charge in [0.2, 0.25) is 5.91 Å². The van der Waals surface area contributed by atoms with E-state index in [9.17, 15) is 23.9 Å². The summed E-state index contributed by atoms with van der Waals surface area (Å²) < 4.78 is 26.3. The van der Waals surface area contributed by atoms with E-state index in [1.165, 1.54) is 12.1 Å². The van der Waals surface area contributed by atoms with Gasteiger partial charge < -0.3 is 29.7 Å². The number of halogens is 2. The molecule has 1 aliphatic carbocycles. The van der Waals surface area contributed by atoms with Gasteiger partial charge in [0.1, 0.15) is 23.9 Å². The molecule has 0 aromatic heterocycles. The molecule has 0 radical (unpaired) electrons. The van der Waals surface area contributed by atoms with Crippen LogP contribution in [0.25, 0.3) is 5.57 Å². The van der Waals surface area contributed by atoms with E-state index in [1.54, 1.807) is 19.9 Å². The number of carbonyl (C=O) groups excluding carboxylic acids is 2. The lowest BCUT2D eigenvalue weighted by Crippen LogP contribution is -2.62. The van der Waals surface area contributed by atoms with Crippen LogP contribution in [0.1, 0.15) is 69.1 Å². The number of carboxylic acid groups (broad SMARTS) is 1. The number of nitrogens with one attached hydrogen (secondary N) is 1. The van der Waals surface area contributed by atoms with Crippen molar-refractivity contribution < 1.29 is 33.4 Å². The number of rotatable bonds is 16. The van der Waals surface area contributed by atoms with Gasteiger partial charge in [0.25, 0.3) is 5.91 Å². The van der Waals surface area contributed by atoms with Crippen molar-refractivity contribution in [2.24, 2.45) is 5.41 Å². The number of amides is 2. The number of piperazine rings is 1. The average Bonchev–Trinajstić information content (AvgIpc) is 3.97. The molecule has 6 rings (SSSR count). The van der Waals surface area contributed by atoms with Crippen LogP contribution < -0.4 is 14.8 Å². The Balaban J connectivity index is 1.20. The van der Waals surface area contributed by atoms with Gasteiger partial charge in [-0.2, -0.15) is 0 Å². The summed E-state index contributed by atoms with van der Waals surface area (Å²) in [5, 5.41) is 13.3. The number of carbonyl (C=O) groups is 3. The normalized spacial score (nSPS) is 18.5. The van der Waals surface area contributed by atoms with E-state index in [0.717, 1.165) is 53.7 Å². The summed E-state index contributed by atoms with van der Waals surface area (Å²) in [6.07, 6.45) is 4.36. The monoisotopic (exact) mass is 789 g/mol. The van der Waals surface area contributed by atoms with Gasteiger partial charge in [-0.25, -0.2) is 4.39 Å². The van der Waals surface area contributed by atoms with Crippen LogP contribution in [-0.4, -0.2) is 83.7 Å². The third kappa shape index (κ3) is 9.86. The van der Waals surface area contributed by atoms with E-state index >= 15 is 0 Å². The summed E-state index contributed by atoms with van der Waals surface area (Å²) in [4.78, 5) is 43.7. The van der Waals surface area contributed by atoms with Crippen molar-refractivity contribution in [2.75, 3.05) is 32.8 Å². The maximum Gasteiger partial charge on any atom is 0.309 e. The molecule has 11 heteroatoms. The van der Waals surface area contributed by atoms with Crippen molar-refractivity contribution in [1.82, 2.24) is 15.1 Å². The number of aliphatic carboxylic acids is 1. The first-order valence-corrected chi connectivity index (χ1v) is 19.3. The summed E-state index contributed by atoms with van der Waals surface area (Å²) >= 11 is 3.41. The number of hydrogen-bond donors (Lipinski definition) is 2. The van der Waals surface area contributed by atoms with Gasteiger partial charge in [-0.3, -0.25) is 14.4 Å². The first kappa shape index (κ1) is 38.5. The molecule has 2 heterocycles. The lowest BCUT2D eigenvalue weighted by molar-refractivity contribution is -0.148. The molecule has 1 saturated carbocycles. The zero-order chi connectivity index (χ0) is 37.7. The molecule has 2 atom stereocenters. The minimum absolute atomic E-state index is 0.0302. The van der Waals surface area contributed by atoms with Crippen molar-refractivity contribution in [3.8, 4) is 11.5 Å². The molecule has 53 heavy (non-hydrogen) atoms. The minimum atomic E-state index is -1.00. The summed E-state index contributed by atoms with van der Waals surface area (Å²) in [6, 6.07) is 20.4. The third-order valence-corrected chi connectivity index (χ3v) is 11.1. The Kier molecular flexibility index (Phi) is 12.2. The molecule has 282 valence electrons. The molecule has 2 N–H and O–H groups in total. The smallest absolute Gasteiger partial charge is 0.309 e. The SMILES string of the molecule is Cc1cccc(OCCN(C(=O)C2=C(c3ccc(CCCOc4cc(F)ccc4Br)cc3)C[C@@H]3CN(C(=O)CCC(C)(C)C(=O)O)C[C@H]2N3)C2CC2)c1. The molecule has 3 aromatic carbocycles. The molecular weight excluding hydrogens is 741 g/mol. The van der Waals surface area contributed by atoms with E-state index in [1.807, 2.05) is 41.0 Å². The lowest BCUT2D eigenvalue weighted by Gasteiger charge is -2.45. The van der Waals surface area contributed by atoms with E-state index in [-0.39, 0.29) is 48.6 Å². The molecule has 2 aliphatic heterocycles. The number of nitrogens with zero attached hydrogens (tertiary/aromatic N) is 2. The molecule has 2 bridgehead atoms. The molecule has 3 aliphatic rings. The average molecular weight is 791 g/mol. The Hall–Kier alpha value is -4.22. The Morgan fingerprint density at radius 1 is 1.02 bits per heavy atom. The zero-order valence-electron chi connectivity index (χ0n) is 30.7. The standard InChI is InChI=1S/C42H49BrFN3O6/c1-27-6-4-8-33(22-27)52-21-19-47(32-14-15-32)40(49)39-34(24-31-25-46(26-36(39)45-31)38(48)17-18-42(2,3)41(50)51)29-11-9-28(10-12-29)7-5-20-53-37-23-30(44)13-16-35(37)43/h4,6,8-13,16,22-23,31-32,36,45H,5,7,14-15,17-21,24-26H2,1-3H3,(H,50,51)/t31-,36-/m1/s1. The fourth-order valence-electron chi connectivity index (χ4n) is 7.13. The number of aryl methyl sites for hydroxylation is 2. The highest BCUT2D eigenvalue weighted by molar-refractivity contribution is 9.10. The van der Waals surface area contributed by atoms with Crippen LogP contribution in [0.4, 0.5) is 4.39 Å². The van der Waals surface area contributed by atoms with Gasteiger partial charge in [-0.1, -0.05) is 36.4 Å². The van der Waals surface area contributed by atoms with E-state index < -0.39 is 11.4 Å². The molecule has 0 unspecified atom stereocenters. The Morgan fingerprint density at radius 3 is 2.51 bits per heavy atom. The van der Waals surface area contributed by atoms with Crippen LogP contribution in [0.2, 0.25) is 0 Å². The fraction of sp³-hybridized carbons (Fsp3) is 0.452. The quantitative estimate of drug-likeness (QED) is 0.148. The highest BCUT2D eigenvalue weighted by atomic mass is 79.9. The van der Waals surface area contributed by atoms with Crippen LogP contribution in [0, 0.1) is 18.2 Å². The van der Waals surface area contributed by atoms with E-state index in [4.69, 9.17) is 9.47 Å². The first-order valence-electron chi connectivity index (χ1n) is 18.6. The number of fused-ring (bicyclic) bond motifs is 2. The largest absolute Gasteiger partial charge is 0.492 e. The number of ether oxygens (including phenoxy) is 2. The lowest BCUT2D eigenvalue weighted by atomic mass is 9.82. The van der Waals surface area contributed by atoms with Crippen LogP contribution >= 0.6 is 15.9 Å². The molecule has 3 aromatic rings. The van der Waals surface area contributed by atoms with Gasteiger partial charge in [0, 0.05) is 43.2 Å². The van der Waals surface area contributed by atoms with Crippen molar-refractivity contribution in [2.45, 2.75) is 83.8 Å². The van der Waals surface area contributed by atoms with Crippen LogP contribution in [0.15, 0.2) is 76.8 Å². The highest BCUT2D eigenvalue weighted by Crippen LogP contribution is 2.37. The zero-order valence-corrected chi connectivity index (χ0v) is 32.3. The van der Waals surface area contributed by atoms with E-state index in [0.29, 0.717) is 55.1 Å². The van der Waals surface area contributed by atoms with Crippen LogP contribution in [0.3, 0.4) is 0 Å². The third-order valence-electron chi connectivity index (χ3n) is 10.4. The number of hydrogen-bond acceptors (Lipinski definition) is 6. The molecule has 9 nitrogen and oxygen atoms in total. The van der Waals surface area contributed by atoms with Crippen LogP contribution in [0.5, 0.6) is 11.5 Å². The first-order chi connectivity index (χ1) is 25.4. The van der Waals surface area contributed by atoms with Gasteiger partial charge in [-0.15, -0.1) is 0 Å². The predicted molar refractivity (Wildman–Crippen MR) is 205 cm³/mol. The topological polar surface area (TPSA) is 108 Å². The van der Waals surface area contributed by atoms with Crippen LogP contribution in [-0.2, 0) is 20.8 Å². The summed E-state index contributed by atoms with van der Waals surface area (Å²) in [5.41, 5.74) is 3.91. The predicted octanol–water partition coefficient (Wildman–Crippen LogP) is 7.20. The van der Waals surface area contributed by atoms with Crippen molar-refractivity contribution >= 4 is 39.3 Å². The highest BCUT2D eigenvalue weighted by Gasteiger charge is 2.43. The molecule has 2 amide bonds. The number of benzene rings is 3. The fourth-order valence-corrected chi connectivity index (χ4v) is 7.49. The molecule has 2 fully saturated rings. The van der Waals surface area contributed by atoms with E-state index in [2.05, 4.69) is 45.5 Å². The summed E-state index contributed by atoms with van der Waals surface area (Å²) in [6.45, 7) is 7.39. The molecule has 0 spiro atoms. The van der Waals surface area contributed by atoms with Crippen molar-refractivity contribution in [3.05, 3.63) is 99.3 Å². The second-order valence-electron chi connectivity index (χ2n) is 15.1. The molecule has 1 saturated heterocycles. The Morgan fingerprint density at radius 2 is 1.79 bits per heavy atom. The maximum atomic E-state index is 14.7. The maximum absolute atomic E-state index is 14.7. The van der Waals surface area contributed by atoms with Gasteiger partial charge >= 0.3 is 5.97 Å². The van der Waals surface area contributed by atoms with Gasteiger partial charge in [0.15, 0.2) is 0 Å². The summed E-state index contributed by atoms with van der Waals surface area (Å²) in [7, 11) is 0. The molecular formula is C42H49BrFN3O6. The summed E-state index contributed by atoms with van der Waals surface area (Å²) in [5.74, 6) is -0.135. The second kappa shape index (κ2) is 16.8. The van der Waals surface area contributed by atoms with Gasteiger partial charge in [0.05, 0.1) is 29.1 Å². The van der Waals surface area contributed by atoms with Crippen molar-refractivity contribution in [3.63, 3.8) is 0 Å². The second-order valence-corrected chi connectivity index (χ2v) is 16.0.